The molecular weight excluding hydrogens is 312 g/mol. The minimum absolute atomic E-state index is 0.0550. The molecule has 0 unspecified atom stereocenters. The molecule has 1 amide bonds. The van der Waals surface area contributed by atoms with Gasteiger partial charge in [0.25, 0.3) is 0 Å². The van der Waals surface area contributed by atoms with Gasteiger partial charge in [0.15, 0.2) is 0 Å². The van der Waals surface area contributed by atoms with Crippen molar-refractivity contribution >= 4 is 29.8 Å². The largest absolute Gasteiger partial charge is 0.465 e. The van der Waals surface area contributed by atoms with Gasteiger partial charge >= 0.3 is 0 Å². The number of amides is 1. The van der Waals surface area contributed by atoms with Crippen LogP contribution in [0.1, 0.15) is 43.7 Å². The van der Waals surface area contributed by atoms with Crippen LogP contribution in [0.15, 0.2) is 28.0 Å². The molecule has 2 N–H and O–H groups in total. The maximum Gasteiger partial charge on any atom is 0.230 e. The number of rotatable bonds is 6. The molecule has 1 saturated carbocycles. The molecular formula is C16H20N4O2S. The highest BCUT2D eigenvalue weighted by Gasteiger charge is 2.16. The predicted octanol–water partition coefficient (Wildman–Crippen LogP) is 3.11. The maximum absolute atomic E-state index is 11.9. The quantitative estimate of drug-likeness (QED) is 0.794. The molecule has 6 nitrogen and oxygen atoms in total. The lowest BCUT2D eigenvalue weighted by atomic mass is 9.95. The summed E-state index contributed by atoms with van der Waals surface area (Å²) in [7, 11) is 0. The molecule has 1 aliphatic rings. The average Bonchev–Trinajstić information content (AvgIpc) is 3.24. The number of H-pyrrole nitrogens is 1. The van der Waals surface area contributed by atoms with Crippen molar-refractivity contribution < 1.29 is 9.21 Å². The van der Waals surface area contributed by atoms with E-state index in [4.69, 9.17) is 4.42 Å². The molecule has 0 atom stereocenters. The van der Waals surface area contributed by atoms with Gasteiger partial charge in [0, 0.05) is 6.04 Å². The molecule has 1 aliphatic carbocycles. The van der Waals surface area contributed by atoms with E-state index in [9.17, 15) is 4.79 Å². The van der Waals surface area contributed by atoms with E-state index in [0.717, 1.165) is 18.6 Å². The van der Waals surface area contributed by atoms with Crippen LogP contribution in [0.25, 0.3) is 12.2 Å². The summed E-state index contributed by atoms with van der Waals surface area (Å²) in [6, 6.07) is 4.03. The zero-order valence-corrected chi connectivity index (χ0v) is 13.6. The Kier molecular flexibility index (Phi) is 5.52. The number of thioether (sulfide) groups is 1. The summed E-state index contributed by atoms with van der Waals surface area (Å²) < 4.78 is 5.21. The molecule has 3 rings (SSSR count). The Labute approximate surface area is 139 Å². The fraction of sp³-hybridized carbons (Fsp3) is 0.438. The first-order chi connectivity index (χ1) is 11.3. The third-order valence-corrected chi connectivity index (χ3v) is 4.58. The van der Waals surface area contributed by atoms with Crippen LogP contribution in [0.4, 0.5) is 0 Å². The molecule has 0 aromatic carbocycles. The smallest absolute Gasteiger partial charge is 0.230 e. The lowest BCUT2D eigenvalue weighted by Crippen LogP contribution is -2.37. The first kappa shape index (κ1) is 15.9. The van der Waals surface area contributed by atoms with Crippen LogP contribution in [-0.2, 0) is 4.79 Å². The maximum atomic E-state index is 11.9. The highest BCUT2D eigenvalue weighted by molar-refractivity contribution is 7.99. The summed E-state index contributed by atoms with van der Waals surface area (Å²) in [6.07, 6.45) is 11.1. The van der Waals surface area contributed by atoms with Crippen LogP contribution in [0, 0.1) is 0 Å². The van der Waals surface area contributed by atoms with Crippen LogP contribution in [0.3, 0.4) is 0 Å². The second-order valence-corrected chi connectivity index (χ2v) is 6.49. The van der Waals surface area contributed by atoms with Crippen LogP contribution in [0.5, 0.6) is 0 Å². The van der Waals surface area contributed by atoms with Gasteiger partial charge < -0.3 is 9.73 Å². The number of nitrogens with zero attached hydrogens (tertiary/aromatic N) is 2. The van der Waals surface area contributed by atoms with E-state index < -0.39 is 0 Å². The van der Waals surface area contributed by atoms with E-state index in [-0.39, 0.29) is 5.91 Å². The molecule has 2 heterocycles. The number of nitrogens with one attached hydrogen (secondary N) is 2. The van der Waals surface area contributed by atoms with Crippen molar-refractivity contribution in [3.63, 3.8) is 0 Å². The molecule has 23 heavy (non-hydrogen) atoms. The molecule has 2 aromatic heterocycles. The van der Waals surface area contributed by atoms with Crippen molar-refractivity contribution in [3.8, 4) is 0 Å². The third-order valence-electron chi connectivity index (χ3n) is 3.73. The number of carbonyl (C=O) groups is 1. The summed E-state index contributed by atoms with van der Waals surface area (Å²) in [6.45, 7) is 0. The van der Waals surface area contributed by atoms with E-state index in [1.54, 1.807) is 12.3 Å². The number of aromatic amines is 1. The average molecular weight is 332 g/mol. The lowest BCUT2D eigenvalue weighted by molar-refractivity contribution is -0.119. The van der Waals surface area contributed by atoms with Gasteiger partial charge in [-0.15, -0.1) is 5.10 Å². The van der Waals surface area contributed by atoms with Gasteiger partial charge in [-0.1, -0.05) is 31.0 Å². The fourth-order valence-corrected chi connectivity index (χ4v) is 3.21. The minimum Gasteiger partial charge on any atom is -0.465 e. The van der Waals surface area contributed by atoms with Crippen LogP contribution in [0.2, 0.25) is 0 Å². The van der Waals surface area contributed by atoms with Gasteiger partial charge in [0.05, 0.1) is 12.0 Å². The Morgan fingerprint density at radius 2 is 2.26 bits per heavy atom. The zero-order valence-electron chi connectivity index (χ0n) is 12.8. The summed E-state index contributed by atoms with van der Waals surface area (Å²) >= 11 is 1.34. The molecule has 7 heteroatoms. The fourth-order valence-electron chi connectivity index (χ4n) is 2.59. The number of aromatic nitrogens is 3. The zero-order chi connectivity index (χ0) is 15.9. The Morgan fingerprint density at radius 3 is 3.04 bits per heavy atom. The lowest BCUT2D eigenvalue weighted by Gasteiger charge is -2.22. The number of furan rings is 1. The van der Waals surface area contributed by atoms with Gasteiger partial charge in [0.2, 0.25) is 11.1 Å². The van der Waals surface area contributed by atoms with E-state index in [0.29, 0.717) is 22.8 Å². The molecule has 0 radical (unpaired) electrons. The number of carbonyl (C=O) groups excluding carboxylic acids is 1. The van der Waals surface area contributed by atoms with E-state index in [2.05, 4.69) is 20.5 Å². The van der Waals surface area contributed by atoms with Crippen molar-refractivity contribution in [3.05, 3.63) is 30.0 Å². The topological polar surface area (TPSA) is 83.8 Å². The number of hydrogen-bond acceptors (Lipinski definition) is 5. The summed E-state index contributed by atoms with van der Waals surface area (Å²) in [4.78, 5) is 16.3. The SMILES string of the molecule is O=C(CSc1n[nH]c(C=Cc2ccco2)n1)NC1CCCCC1. The van der Waals surface area contributed by atoms with Crippen molar-refractivity contribution in [2.45, 2.75) is 43.3 Å². The van der Waals surface area contributed by atoms with Gasteiger partial charge in [-0.2, -0.15) is 0 Å². The molecule has 0 aliphatic heterocycles. The van der Waals surface area contributed by atoms with Crippen molar-refractivity contribution in [2.75, 3.05) is 5.75 Å². The van der Waals surface area contributed by atoms with Crippen molar-refractivity contribution in [2.24, 2.45) is 0 Å². The Hall–Kier alpha value is -2.02. The van der Waals surface area contributed by atoms with E-state index in [1.165, 1.54) is 31.0 Å². The second kappa shape index (κ2) is 8.01. The predicted molar refractivity (Wildman–Crippen MR) is 89.8 cm³/mol. The van der Waals surface area contributed by atoms with Gasteiger partial charge in [0.1, 0.15) is 11.6 Å². The second-order valence-electron chi connectivity index (χ2n) is 5.54. The van der Waals surface area contributed by atoms with Crippen LogP contribution < -0.4 is 5.32 Å². The first-order valence-electron chi connectivity index (χ1n) is 7.86. The standard InChI is InChI=1S/C16H20N4O2S/c21-15(17-12-5-2-1-3-6-12)11-23-16-18-14(19-20-16)9-8-13-7-4-10-22-13/h4,7-10,12H,1-3,5-6,11H2,(H,17,21)(H,18,19,20). The highest BCUT2D eigenvalue weighted by atomic mass is 32.2. The summed E-state index contributed by atoms with van der Waals surface area (Å²) in [5.41, 5.74) is 0. The molecule has 0 bridgehead atoms. The highest BCUT2D eigenvalue weighted by Crippen LogP contribution is 2.18. The molecule has 122 valence electrons. The molecule has 0 spiro atoms. The van der Waals surface area contributed by atoms with Crippen molar-refractivity contribution in [1.82, 2.24) is 20.5 Å². The first-order valence-corrected chi connectivity index (χ1v) is 8.84. The van der Waals surface area contributed by atoms with Gasteiger partial charge in [-0.3, -0.25) is 9.89 Å². The summed E-state index contributed by atoms with van der Waals surface area (Å²) in [5.74, 6) is 1.79. The van der Waals surface area contributed by atoms with Gasteiger partial charge in [-0.25, -0.2) is 4.98 Å². The third kappa shape index (κ3) is 4.99. The van der Waals surface area contributed by atoms with Crippen LogP contribution >= 0.6 is 11.8 Å². The van der Waals surface area contributed by atoms with E-state index in [1.807, 2.05) is 18.2 Å². The normalized spacial score (nSPS) is 16.0. The Balaban J connectivity index is 1.44. The van der Waals surface area contributed by atoms with Crippen molar-refractivity contribution in [1.29, 1.82) is 0 Å². The molecule has 0 saturated heterocycles. The number of hydrogen-bond donors (Lipinski definition) is 2. The minimum atomic E-state index is 0.0550. The Bertz CT molecular complexity index is 645. The monoisotopic (exact) mass is 332 g/mol. The molecule has 1 fully saturated rings. The molecule has 2 aromatic rings. The Morgan fingerprint density at radius 1 is 1.39 bits per heavy atom. The summed E-state index contributed by atoms with van der Waals surface area (Å²) in [5, 5.41) is 10.6. The van der Waals surface area contributed by atoms with Crippen LogP contribution in [-0.4, -0.2) is 32.9 Å². The van der Waals surface area contributed by atoms with Gasteiger partial charge in [-0.05, 0) is 37.1 Å². The van der Waals surface area contributed by atoms with E-state index >= 15 is 0 Å².